The summed E-state index contributed by atoms with van der Waals surface area (Å²) in [7, 11) is 0. The van der Waals surface area contributed by atoms with E-state index in [2.05, 4.69) is 0 Å². The zero-order chi connectivity index (χ0) is 11.1. The van der Waals surface area contributed by atoms with E-state index in [0.717, 1.165) is 15.6 Å². The van der Waals surface area contributed by atoms with Crippen LogP contribution in [-0.4, -0.2) is 0 Å². The molecule has 0 aliphatic heterocycles. The standard InChI is InChI=1S/C7H7Cl.C6H5Cl/c1-6-4-2-3-5-7(6)8;7-6-4-2-1-3-5-6/h2-5H,1H3;1-5H. The first kappa shape index (κ1) is 12.1. The van der Waals surface area contributed by atoms with Gasteiger partial charge in [0.2, 0.25) is 0 Å². The molecule has 0 saturated carbocycles. The molecule has 0 saturated heterocycles. The van der Waals surface area contributed by atoms with Crippen molar-refractivity contribution >= 4 is 23.2 Å². The van der Waals surface area contributed by atoms with Crippen LogP contribution in [0.15, 0.2) is 54.6 Å². The topological polar surface area (TPSA) is 0 Å². The van der Waals surface area contributed by atoms with Crippen molar-refractivity contribution in [2.24, 2.45) is 0 Å². The zero-order valence-electron chi connectivity index (χ0n) is 8.45. The minimum absolute atomic E-state index is 0.794. The largest absolute Gasteiger partial charge is 0.0843 e. The fourth-order valence-corrected chi connectivity index (χ4v) is 1.25. The summed E-state index contributed by atoms with van der Waals surface area (Å²) < 4.78 is 0. The lowest BCUT2D eigenvalue weighted by atomic mass is 10.2. The highest BCUT2D eigenvalue weighted by atomic mass is 35.5. The van der Waals surface area contributed by atoms with Crippen LogP contribution in [0.3, 0.4) is 0 Å². The average molecular weight is 239 g/mol. The summed E-state index contributed by atoms with van der Waals surface area (Å²) in [6.45, 7) is 1.99. The smallest absolute Gasteiger partial charge is 0.0435 e. The molecular formula is C13H12Cl2. The molecule has 0 radical (unpaired) electrons. The third kappa shape index (κ3) is 4.87. The maximum atomic E-state index is 5.71. The van der Waals surface area contributed by atoms with Gasteiger partial charge in [-0.1, -0.05) is 59.6 Å². The van der Waals surface area contributed by atoms with Crippen LogP contribution in [-0.2, 0) is 0 Å². The summed E-state index contributed by atoms with van der Waals surface area (Å²) in [5.74, 6) is 0. The molecule has 0 nitrogen and oxygen atoms in total. The fraction of sp³-hybridized carbons (Fsp3) is 0.0769. The summed E-state index contributed by atoms with van der Waals surface area (Å²) in [5, 5.41) is 1.63. The first-order chi connectivity index (χ1) is 7.20. The Kier molecular flexibility index (Phi) is 5.23. The number of rotatable bonds is 0. The van der Waals surface area contributed by atoms with E-state index >= 15 is 0 Å². The molecule has 0 aliphatic carbocycles. The number of hydrogen-bond acceptors (Lipinski definition) is 0. The van der Waals surface area contributed by atoms with E-state index in [-0.39, 0.29) is 0 Å². The number of hydrogen-bond donors (Lipinski definition) is 0. The Morgan fingerprint density at radius 2 is 1.27 bits per heavy atom. The Balaban J connectivity index is 0.000000151. The molecule has 0 bridgehead atoms. The number of aryl methyl sites for hydroxylation is 1. The summed E-state index contributed by atoms with van der Waals surface area (Å²) in [6.07, 6.45) is 0. The molecule has 2 aromatic rings. The van der Waals surface area contributed by atoms with Gasteiger partial charge in [0.05, 0.1) is 0 Å². The Morgan fingerprint density at radius 3 is 1.60 bits per heavy atom. The molecule has 78 valence electrons. The van der Waals surface area contributed by atoms with Gasteiger partial charge in [0.15, 0.2) is 0 Å². The lowest BCUT2D eigenvalue weighted by molar-refractivity contribution is 1.47. The molecule has 2 heteroatoms. The molecule has 0 unspecified atom stereocenters. The Hall–Kier alpha value is -0.980. The van der Waals surface area contributed by atoms with Gasteiger partial charge in [-0.25, -0.2) is 0 Å². The second-order valence-electron chi connectivity index (χ2n) is 3.04. The van der Waals surface area contributed by atoms with Crippen molar-refractivity contribution in [1.82, 2.24) is 0 Å². The fourth-order valence-electron chi connectivity index (χ4n) is 0.966. The Morgan fingerprint density at radius 1 is 0.733 bits per heavy atom. The van der Waals surface area contributed by atoms with Gasteiger partial charge in [-0.15, -0.1) is 0 Å². The van der Waals surface area contributed by atoms with E-state index in [1.807, 2.05) is 61.5 Å². The van der Waals surface area contributed by atoms with Gasteiger partial charge in [0.25, 0.3) is 0 Å². The van der Waals surface area contributed by atoms with Crippen LogP contribution in [0, 0.1) is 6.92 Å². The van der Waals surface area contributed by atoms with Crippen molar-refractivity contribution in [3.63, 3.8) is 0 Å². The molecule has 0 fully saturated rings. The van der Waals surface area contributed by atoms with Crippen molar-refractivity contribution in [3.8, 4) is 0 Å². The van der Waals surface area contributed by atoms with Gasteiger partial charge in [-0.05, 0) is 30.7 Å². The van der Waals surface area contributed by atoms with Crippen molar-refractivity contribution in [2.45, 2.75) is 6.92 Å². The van der Waals surface area contributed by atoms with Crippen molar-refractivity contribution < 1.29 is 0 Å². The molecule has 0 heterocycles. The molecule has 0 aromatic heterocycles. The van der Waals surface area contributed by atoms with Crippen LogP contribution >= 0.6 is 23.2 Å². The minimum atomic E-state index is 0.794. The van der Waals surface area contributed by atoms with Crippen LogP contribution in [0.2, 0.25) is 10.0 Å². The molecule has 0 amide bonds. The number of benzene rings is 2. The average Bonchev–Trinajstić information content (AvgIpc) is 2.25. The van der Waals surface area contributed by atoms with E-state index in [0.29, 0.717) is 0 Å². The molecule has 0 N–H and O–H groups in total. The minimum Gasteiger partial charge on any atom is -0.0843 e. The van der Waals surface area contributed by atoms with Gasteiger partial charge >= 0.3 is 0 Å². The Labute approximate surface area is 100 Å². The quantitative estimate of drug-likeness (QED) is 0.607. The predicted octanol–water partition coefficient (Wildman–Crippen LogP) is 4.99. The van der Waals surface area contributed by atoms with Crippen LogP contribution in [0.4, 0.5) is 0 Å². The SMILES string of the molecule is Cc1ccccc1Cl.Clc1ccccc1. The molecule has 2 aromatic carbocycles. The van der Waals surface area contributed by atoms with Crippen molar-refractivity contribution in [1.29, 1.82) is 0 Å². The molecule has 15 heavy (non-hydrogen) atoms. The maximum Gasteiger partial charge on any atom is 0.0435 e. The van der Waals surface area contributed by atoms with E-state index in [4.69, 9.17) is 23.2 Å². The van der Waals surface area contributed by atoms with Crippen LogP contribution < -0.4 is 0 Å². The first-order valence-electron chi connectivity index (χ1n) is 4.62. The van der Waals surface area contributed by atoms with Gasteiger partial charge in [-0.2, -0.15) is 0 Å². The highest BCUT2D eigenvalue weighted by molar-refractivity contribution is 6.31. The lowest BCUT2D eigenvalue weighted by Crippen LogP contribution is -1.68. The maximum absolute atomic E-state index is 5.71. The highest BCUT2D eigenvalue weighted by Crippen LogP contribution is 2.11. The number of halogens is 2. The van der Waals surface area contributed by atoms with Crippen LogP contribution in [0.5, 0.6) is 0 Å². The molecule has 0 atom stereocenters. The zero-order valence-corrected chi connectivity index (χ0v) is 9.96. The lowest BCUT2D eigenvalue weighted by Gasteiger charge is -1.90. The van der Waals surface area contributed by atoms with E-state index in [1.54, 1.807) is 0 Å². The second-order valence-corrected chi connectivity index (χ2v) is 3.89. The third-order valence-electron chi connectivity index (χ3n) is 1.81. The second kappa shape index (κ2) is 6.49. The molecule has 2 rings (SSSR count). The summed E-state index contributed by atoms with van der Waals surface area (Å²) in [5.41, 5.74) is 1.13. The summed E-state index contributed by atoms with van der Waals surface area (Å²) in [6, 6.07) is 17.2. The van der Waals surface area contributed by atoms with Crippen molar-refractivity contribution in [3.05, 3.63) is 70.2 Å². The summed E-state index contributed by atoms with van der Waals surface area (Å²) in [4.78, 5) is 0. The first-order valence-corrected chi connectivity index (χ1v) is 5.37. The van der Waals surface area contributed by atoms with Crippen LogP contribution in [0.25, 0.3) is 0 Å². The van der Waals surface area contributed by atoms with E-state index in [1.165, 1.54) is 0 Å². The van der Waals surface area contributed by atoms with Gasteiger partial charge in [0, 0.05) is 10.0 Å². The van der Waals surface area contributed by atoms with Crippen LogP contribution in [0.1, 0.15) is 5.56 Å². The third-order valence-corrected chi connectivity index (χ3v) is 2.49. The van der Waals surface area contributed by atoms with Gasteiger partial charge < -0.3 is 0 Å². The normalized spacial score (nSPS) is 9.00. The molecule has 0 spiro atoms. The van der Waals surface area contributed by atoms with Gasteiger partial charge in [0.1, 0.15) is 0 Å². The monoisotopic (exact) mass is 238 g/mol. The molecule has 0 aliphatic rings. The van der Waals surface area contributed by atoms with E-state index < -0.39 is 0 Å². The Bertz CT molecular complexity index is 375. The molecular weight excluding hydrogens is 227 g/mol. The van der Waals surface area contributed by atoms with Crippen molar-refractivity contribution in [2.75, 3.05) is 0 Å². The summed E-state index contributed by atoms with van der Waals surface area (Å²) >= 11 is 11.2. The van der Waals surface area contributed by atoms with E-state index in [9.17, 15) is 0 Å². The predicted molar refractivity (Wildman–Crippen MR) is 67.6 cm³/mol. The van der Waals surface area contributed by atoms with Gasteiger partial charge in [-0.3, -0.25) is 0 Å². The highest BCUT2D eigenvalue weighted by Gasteiger charge is 1.86.